The Morgan fingerprint density at radius 1 is 1.29 bits per heavy atom. The fourth-order valence-electron chi connectivity index (χ4n) is 1.83. The highest BCUT2D eigenvalue weighted by atomic mass is 32.1. The molecular weight excluding hydrogens is 232 g/mol. The monoisotopic (exact) mass is 246 g/mol. The van der Waals surface area contributed by atoms with Crippen LogP contribution in [0.2, 0.25) is 0 Å². The minimum absolute atomic E-state index is 0.167. The molecule has 2 rings (SSSR count). The summed E-state index contributed by atoms with van der Waals surface area (Å²) in [5, 5.41) is 0. The van der Waals surface area contributed by atoms with E-state index in [1.165, 1.54) is 11.6 Å². The van der Waals surface area contributed by atoms with Gasteiger partial charge >= 0.3 is 0 Å². The van der Waals surface area contributed by atoms with E-state index in [2.05, 4.69) is 18.0 Å². The molecule has 0 bridgehead atoms. The molecule has 2 aromatic rings. The highest BCUT2D eigenvalue weighted by Gasteiger charge is 2.03. The highest BCUT2D eigenvalue weighted by Crippen LogP contribution is 2.15. The van der Waals surface area contributed by atoms with Gasteiger partial charge in [0, 0.05) is 12.3 Å². The van der Waals surface area contributed by atoms with Crippen molar-refractivity contribution in [2.75, 3.05) is 0 Å². The first-order valence-corrected chi connectivity index (χ1v) is 6.03. The molecule has 1 heterocycles. The van der Waals surface area contributed by atoms with Gasteiger partial charge in [0.1, 0.15) is 0 Å². The lowest BCUT2D eigenvalue weighted by atomic mass is 10.1. The number of aryl methyl sites for hydroxylation is 1. The molecule has 0 aliphatic carbocycles. The van der Waals surface area contributed by atoms with Crippen LogP contribution in [0, 0.1) is 4.77 Å². The van der Waals surface area contributed by atoms with E-state index in [-0.39, 0.29) is 5.56 Å². The summed E-state index contributed by atoms with van der Waals surface area (Å²) in [5.74, 6) is 0. The quantitative estimate of drug-likeness (QED) is 0.846. The number of H-pyrrole nitrogens is 1. The molecule has 0 spiro atoms. The summed E-state index contributed by atoms with van der Waals surface area (Å²) in [6.07, 6.45) is 3.79. The van der Waals surface area contributed by atoms with Crippen LogP contribution in [-0.2, 0) is 6.42 Å². The zero-order valence-electron chi connectivity index (χ0n) is 9.64. The van der Waals surface area contributed by atoms with Crippen LogP contribution in [-0.4, -0.2) is 9.55 Å². The summed E-state index contributed by atoms with van der Waals surface area (Å²) in [6.45, 7) is 2.14. The Bertz CT molecular complexity index is 628. The van der Waals surface area contributed by atoms with Crippen molar-refractivity contribution in [3.05, 3.63) is 57.2 Å². The molecular formula is C13H14N2OS. The SMILES string of the molecule is CCCc1ccccc1-n1ccc(=O)[nH]c1=S. The van der Waals surface area contributed by atoms with Crippen LogP contribution in [0.4, 0.5) is 0 Å². The normalized spacial score (nSPS) is 10.4. The maximum Gasteiger partial charge on any atom is 0.251 e. The minimum Gasteiger partial charge on any atom is -0.299 e. The van der Waals surface area contributed by atoms with E-state index in [0.29, 0.717) is 4.77 Å². The second-order valence-corrected chi connectivity index (χ2v) is 4.25. The molecule has 1 aromatic carbocycles. The number of nitrogens with one attached hydrogen (secondary N) is 1. The third-order valence-electron chi connectivity index (χ3n) is 2.59. The third kappa shape index (κ3) is 2.53. The molecule has 1 aromatic heterocycles. The average Bonchev–Trinajstić information content (AvgIpc) is 2.31. The van der Waals surface area contributed by atoms with E-state index in [0.717, 1.165) is 18.5 Å². The van der Waals surface area contributed by atoms with Crippen LogP contribution in [0.25, 0.3) is 5.69 Å². The predicted molar refractivity (Wildman–Crippen MR) is 71.2 cm³/mol. The topological polar surface area (TPSA) is 37.8 Å². The number of hydrogen-bond donors (Lipinski definition) is 1. The Morgan fingerprint density at radius 2 is 2.06 bits per heavy atom. The summed E-state index contributed by atoms with van der Waals surface area (Å²) >= 11 is 5.17. The van der Waals surface area contributed by atoms with Gasteiger partial charge in [0.05, 0.1) is 5.69 Å². The lowest BCUT2D eigenvalue weighted by molar-refractivity contribution is 0.874. The second-order valence-electron chi connectivity index (χ2n) is 3.86. The molecule has 1 N–H and O–H groups in total. The van der Waals surface area contributed by atoms with Crippen LogP contribution in [0.15, 0.2) is 41.3 Å². The summed E-state index contributed by atoms with van der Waals surface area (Å²) in [7, 11) is 0. The van der Waals surface area contributed by atoms with Crippen LogP contribution in [0.3, 0.4) is 0 Å². The smallest absolute Gasteiger partial charge is 0.251 e. The maximum atomic E-state index is 11.1. The maximum absolute atomic E-state index is 11.1. The van der Waals surface area contributed by atoms with E-state index in [1.54, 1.807) is 6.20 Å². The number of aromatic amines is 1. The van der Waals surface area contributed by atoms with E-state index >= 15 is 0 Å². The number of rotatable bonds is 3. The van der Waals surface area contributed by atoms with Gasteiger partial charge in [0.2, 0.25) is 0 Å². The fourth-order valence-corrected chi connectivity index (χ4v) is 2.09. The Labute approximate surface area is 105 Å². The van der Waals surface area contributed by atoms with Crippen LogP contribution < -0.4 is 5.56 Å². The van der Waals surface area contributed by atoms with Crippen molar-refractivity contribution in [2.45, 2.75) is 19.8 Å². The predicted octanol–water partition coefficient (Wildman–Crippen LogP) is 2.85. The van der Waals surface area contributed by atoms with Gasteiger partial charge in [-0.15, -0.1) is 0 Å². The van der Waals surface area contributed by atoms with Gasteiger partial charge in [-0.3, -0.25) is 14.3 Å². The Balaban J connectivity index is 2.60. The Hall–Kier alpha value is -1.68. The zero-order valence-corrected chi connectivity index (χ0v) is 10.5. The number of para-hydroxylation sites is 1. The van der Waals surface area contributed by atoms with Gasteiger partial charge in [-0.2, -0.15) is 0 Å². The van der Waals surface area contributed by atoms with Crippen LogP contribution in [0.1, 0.15) is 18.9 Å². The van der Waals surface area contributed by atoms with E-state index in [4.69, 9.17) is 12.2 Å². The van der Waals surface area contributed by atoms with E-state index < -0.39 is 0 Å². The molecule has 17 heavy (non-hydrogen) atoms. The Kier molecular flexibility index (Phi) is 3.54. The molecule has 0 atom stereocenters. The van der Waals surface area contributed by atoms with Crippen molar-refractivity contribution in [2.24, 2.45) is 0 Å². The Morgan fingerprint density at radius 3 is 2.76 bits per heavy atom. The van der Waals surface area contributed by atoms with Crippen molar-refractivity contribution in [1.82, 2.24) is 9.55 Å². The molecule has 88 valence electrons. The zero-order chi connectivity index (χ0) is 12.3. The highest BCUT2D eigenvalue weighted by molar-refractivity contribution is 7.71. The first-order valence-electron chi connectivity index (χ1n) is 5.62. The summed E-state index contributed by atoms with van der Waals surface area (Å²) in [6, 6.07) is 9.58. The van der Waals surface area contributed by atoms with Gasteiger partial charge in [0.25, 0.3) is 5.56 Å². The molecule has 0 aliphatic rings. The lowest BCUT2D eigenvalue weighted by Gasteiger charge is -2.11. The second kappa shape index (κ2) is 5.10. The molecule has 3 nitrogen and oxygen atoms in total. The molecule has 0 amide bonds. The number of benzene rings is 1. The van der Waals surface area contributed by atoms with E-state index in [9.17, 15) is 4.79 Å². The third-order valence-corrected chi connectivity index (χ3v) is 2.89. The van der Waals surface area contributed by atoms with Crippen molar-refractivity contribution in [1.29, 1.82) is 0 Å². The molecule has 0 radical (unpaired) electrons. The van der Waals surface area contributed by atoms with Crippen molar-refractivity contribution in [3.8, 4) is 5.69 Å². The van der Waals surface area contributed by atoms with Gasteiger partial charge in [-0.05, 0) is 30.3 Å². The molecule has 4 heteroatoms. The molecule has 0 unspecified atom stereocenters. The fraction of sp³-hybridized carbons (Fsp3) is 0.231. The largest absolute Gasteiger partial charge is 0.299 e. The molecule has 0 aliphatic heterocycles. The van der Waals surface area contributed by atoms with Crippen molar-refractivity contribution in [3.63, 3.8) is 0 Å². The lowest BCUT2D eigenvalue weighted by Crippen LogP contribution is -2.11. The van der Waals surface area contributed by atoms with Gasteiger partial charge in [-0.1, -0.05) is 31.5 Å². The standard InChI is InChI=1S/C13H14N2OS/c1-2-5-10-6-3-4-7-11(10)15-9-8-12(16)14-13(15)17/h3-4,6-9H,2,5H2,1H3,(H,14,16,17). The van der Waals surface area contributed by atoms with Gasteiger partial charge < -0.3 is 0 Å². The summed E-state index contributed by atoms with van der Waals surface area (Å²) in [4.78, 5) is 13.8. The van der Waals surface area contributed by atoms with Crippen LogP contribution in [0.5, 0.6) is 0 Å². The number of hydrogen-bond acceptors (Lipinski definition) is 2. The first-order chi connectivity index (χ1) is 8.22. The minimum atomic E-state index is -0.167. The van der Waals surface area contributed by atoms with Gasteiger partial charge in [-0.25, -0.2) is 0 Å². The van der Waals surface area contributed by atoms with Crippen molar-refractivity contribution >= 4 is 12.2 Å². The molecule has 0 saturated heterocycles. The summed E-state index contributed by atoms with van der Waals surface area (Å²) in [5.41, 5.74) is 2.10. The van der Waals surface area contributed by atoms with Crippen molar-refractivity contribution < 1.29 is 0 Å². The van der Waals surface area contributed by atoms with E-state index in [1.807, 2.05) is 22.8 Å². The van der Waals surface area contributed by atoms with Gasteiger partial charge in [0.15, 0.2) is 4.77 Å². The number of aromatic nitrogens is 2. The molecule has 0 saturated carbocycles. The number of nitrogens with zero attached hydrogens (tertiary/aromatic N) is 1. The first kappa shape index (κ1) is 11.8. The molecule has 0 fully saturated rings. The van der Waals surface area contributed by atoms with Crippen LogP contribution >= 0.6 is 12.2 Å². The average molecular weight is 246 g/mol. The summed E-state index contributed by atoms with van der Waals surface area (Å²) < 4.78 is 2.27.